The van der Waals surface area contributed by atoms with Crippen LogP contribution in [0.25, 0.3) is 0 Å². The molecule has 1 aliphatic carbocycles. The van der Waals surface area contributed by atoms with Crippen molar-refractivity contribution < 1.29 is 0 Å². The minimum absolute atomic E-state index is 0.820. The van der Waals surface area contributed by atoms with Crippen LogP contribution in [0.1, 0.15) is 19.3 Å². The highest BCUT2D eigenvalue weighted by molar-refractivity contribution is 4.89. The molecule has 0 aromatic heterocycles. The Morgan fingerprint density at radius 2 is 2.00 bits per heavy atom. The SMILES string of the molecule is NCC1CN(C2CCC2)C1. The molecular formula is C8H16N2. The Morgan fingerprint density at radius 1 is 1.30 bits per heavy atom. The minimum Gasteiger partial charge on any atom is -0.330 e. The molecule has 2 nitrogen and oxygen atoms in total. The van der Waals surface area contributed by atoms with Gasteiger partial charge in [-0.1, -0.05) is 6.42 Å². The number of nitrogens with zero attached hydrogens (tertiary/aromatic N) is 1. The lowest BCUT2D eigenvalue weighted by Gasteiger charge is -2.47. The van der Waals surface area contributed by atoms with E-state index in [0.717, 1.165) is 18.5 Å². The topological polar surface area (TPSA) is 29.3 Å². The minimum atomic E-state index is 0.820. The van der Waals surface area contributed by atoms with Gasteiger partial charge in [0.15, 0.2) is 0 Å². The highest BCUT2D eigenvalue weighted by Gasteiger charge is 2.33. The summed E-state index contributed by atoms with van der Waals surface area (Å²) in [6.45, 7) is 3.45. The molecule has 0 bridgehead atoms. The molecule has 58 valence electrons. The number of hydrogen-bond acceptors (Lipinski definition) is 2. The van der Waals surface area contributed by atoms with Gasteiger partial charge in [-0.05, 0) is 25.3 Å². The molecule has 0 aromatic rings. The second kappa shape index (κ2) is 2.51. The molecule has 1 aliphatic heterocycles. The predicted molar refractivity (Wildman–Crippen MR) is 41.8 cm³/mol. The summed E-state index contributed by atoms with van der Waals surface area (Å²) >= 11 is 0. The molecular weight excluding hydrogens is 124 g/mol. The fraction of sp³-hybridized carbons (Fsp3) is 1.00. The van der Waals surface area contributed by atoms with Crippen molar-refractivity contribution in [2.75, 3.05) is 19.6 Å². The maximum atomic E-state index is 5.53. The van der Waals surface area contributed by atoms with E-state index >= 15 is 0 Å². The molecule has 2 aliphatic rings. The Labute approximate surface area is 62.4 Å². The van der Waals surface area contributed by atoms with E-state index in [2.05, 4.69) is 4.90 Å². The first-order chi connectivity index (χ1) is 4.90. The standard InChI is InChI=1S/C8H16N2/c9-4-7-5-10(6-7)8-2-1-3-8/h7-8H,1-6,9H2. The largest absolute Gasteiger partial charge is 0.330 e. The van der Waals surface area contributed by atoms with Crippen molar-refractivity contribution >= 4 is 0 Å². The van der Waals surface area contributed by atoms with Gasteiger partial charge in [-0.25, -0.2) is 0 Å². The summed E-state index contributed by atoms with van der Waals surface area (Å²) in [4.78, 5) is 2.58. The highest BCUT2D eigenvalue weighted by atomic mass is 15.2. The van der Waals surface area contributed by atoms with Crippen LogP contribution >= 0.6 is 0 Å². The van der Waals surface area contributed by atoms with Crippen LogP contribution in [0.2, 0.25) is 0 Å². The molecule has 10 heavy (non-hydrogen) atoms. The van der Waals surface area contributed by atoms with E-state index in [1.54, 1.807) is 0 Å². The molecule has 0 atom stereocenters. The van der Waals surface area contributed by atoms with Crippen LogP contribution in [0.3, 0.4) is 0 Å². The molecule has 2 heteroatoms. The van der Waals surface area contributed by atoms with Gasteiger partial charge in [0.1, 0.15) is 0 Å². The molecule has 0 radical (unpaired) electrons. The maximum Gasteiger partial charge on any atom is 0.00955 e. The van der Waals surface area contributed by atoms with Gasteiger partial charge in [-0.3, -0.25) is 4.90 Å². The summed E-state index contributed by atoms with van der Waals surface area (Å²) in [5.74, 6) is 0.820. The summed E-state index contributed by atoms with van der Waals surface area (Å²) < 4.78 is 0. The zero-order valence-electron chi connectivity index (χ0n) is 6.42. The van der Waals surface area contributed by atoms with E-state index in [1.165, 1.54) is 32.4 Å². The average molecular weight is 140 g/mol. The third kappa shape index (κ3) is 0.956. The zero-order chi connectivity index (χ0) is 6.97. The first kappa shape index (κ1) is 6.62. The first-order valence-electron chi connectivity index (χ1n) is 4.34. The molecule has 1 saturated carbocycles. The molecule has 2 rings (SSSR count). The van der Waals surface area contributed by atoms with Gasteiger partial charge in [-0.15, -0.1) is 0 Å². The molecule has 0 unspecified atom stereocenters. The van der Waals surface area contributed by atoms with Crippen LogP contribution < -0.4 is 5.73 Å². The van der Waals surface area contributed by atoms with Crippen LogP contribution in [-0.2, 0) is 0 Å². The predicted octanol–water partition coefficient (Wildman–Crippen LogP) is 0.429. The van der Waals surface area contributed by atoms with Gasteiger partial charge in [0.2, 0.25) is 0 Å². The summed E-state index contributed by atoms with van der Waals surface area (Å²) in [6.07, 6.45) is 4.34. The third-order valence-corrected chi connectivity index (χ3v) is 2.91. The van der Waals surface area contributed by atoms with Gasteiger partial charge in [-0.2, -0.15) is 0 Å². The van der Waals surface area contributed by atoms with Crippen LogP contribution in [0, 0.1) is 5.92 Å². The van der Waals surface area contributed by atoms with Gasteiger partial charge in [0.25, 0.3) is 0 Å². The number of likely N-dealkylation sites (tertiary alicyclic amines) is 1. The first-order valence-corrected chi connectivity index (χ1v) is 4.34. The molecule has 0 amide bonds. The van der Waals surface area contributed by atoms with Gasteiger partial charge >= 0.3 is 0 Å². The van der Waals surface area contributed by atoms with Crippen molar-refractivity contribution in [1.82, 2.24) is 4.90 Å². The zero-order valence-corrected chi connectivity index (χ0v) is 6.42. The van der Waals surface area contributed by atoms with E-state index in [4.69, 9.17) is 5.73 Å². The van der Waals surface area contributed by atoms with Gasteiger partial charge in [0.05, 0.1) is 0 Å². The average Bonchev–Trinajstić information content (AvgIpc) is 1.72. The number of rotatable bonds is 2. The van der Waals surface area contributed by atoms with Crippen molar-refractivity contribution in [3.05, 3.63) is 0 Å². The molecule has 1 saturated heterocycles. The second-order valence-corrected chi connectivity index (χ2v) is 3.64. The van der Waals surface area contributed by atoms with E-state index in [-0.39, 0.29) is 0 Å². The van der Waals surface area contributed by atoms with Gasteiger partial charge in [0, 0.05) is 19.1 Å². The van der Waals surface area contributed by atoms with Crippen molar-refractivity contribution in [3.63, 3.8) is 0 Å². The number of hydrogen-bond donors (Lipinski definition) is 1. The molecule has 0 spiro atoms. The monoisotopic (exact) mass is 140 g/mol. The normalized spacial score (nSPS) is 29.7. The lowest BCUT2D eigenvalue weighted by atomic mass is 9.86. The summed E-state index contributed by atoms with van der Waals surface area (Å²) in [6, 6.07) is 0.947. The van der Waals surface area contributed by atoms with Crippen molar-refractivity contribution in [2.45, 2.75) is 25.3 Å². The molecule has 0 aromatic carbocycles. The van der Waals surface area contributed by atoms with Crippen LogP contribution in [-0.4, -0.2) is 30.6 Å². The highest BCUT2D eigenvalue weighted by Crippen LogP contribution is 2.29. The van der Waals surface area contributed by atoms with Crippen LogP contribution in [0.4, 0.5) is 0 Å². The Bertz CT molecular complexity index is 114. The van der Waals surface area contributed by atoms with E-state index in [0.29, 0.717) is 0 Å². The smallest absolute Gasteiger partial charge is 0.00955 e. The van der Waals surface area contributed by atoms with Gasteiger partial charge < -0.3 is 5.73 Å². The fourth-order valence-electron chi connectivity index (χ4n) is 1.81. The lowest BCUT2D eigenvalue weighted by Crippen LogP contribution is -2.56. The molecule has 2 fully saturated rings. The molecule has 2 N–H and O–H groups in total. The molecule has 1 heterocycles. The lowest BCUT2D eigenvalue weighted by molar-refractivity contribution is 0.0208. The van der Waals surface area contributed by atoms with Crippen molar-refractivity contribution in [2.24, 2.45) is 11.7 Å². The quantitative estimate of drug-likeness (QED) is 0.602. The number of nitrogens with two attached hydrogens (primary N) is 1. The van der Waals surface area contributed by atoms with E-state index in [1.807, 2.05) is 0 Å². The summed E-state index contributed by atoms with van der Waals surface area (Å²) in [5, 5.41) is 0. The second-order valence-electron chi connectivity index (χ2n) is 3.64. The van der Waals surface area contributed by atoms with Crippen LogP contribution in [0.5, 0.6) is 0 Å². The summed E-state index contributed by atoms with van der Waals surface area (Å²) in [7, 11) is 0. The maximum absolute atomic E-state index is 5.53. The Morgan fingerprint density at radius 3 is 2.40 bits per heavy atom. The third-order valence-electron chi connectivity index (χ3n) is 2.91. The van der Waals surface area contributed by atoms with E-state index < -0.39 is 0 Å². The Kier molecular flexibility index (Phi) is 1.66. The Hall–Kier alpha value is -0.0800. The van der Waals surface area contributed by atoms with E-state index in [9.17, 15) is 0 Å². The van der Waals surface area contributed by atoms with Crippen LogP contribution in [0.15, 0.2) is 0 Å². The van der Waals surface area contributed by atoms with Crippen molar-refractivity contribution in [3.8, 4) is 0 Å². The fourth-order valence-corrected chi connectivity index (χ4v) is 1.81. The Balaban J connectivity index is 1.69. The van der Waals surface area contributed by atoms with Crippen molar-refractivity contribution in [1.29, 1.82) is 0 Å². The summed E-state index contributed by atoms with van der Waals surface area (Å²) in [5.41, 5.74) is 5.53.